The summed E-state index contributed by atoms with van der Waals surface area (Å²) >= 11 is 0. The maximum Gasteiger partial charge on any atom is 0.408 e. The summed E-state index contributed by atoms with van der Waals surface area (Å²) in [4.78, 5) is 52.0. The highest BCUT2D eigenvalue weighted by atomic mass is 32.2. The molecule has 0 radical (unpaired) electrons. The van der Waals surface area contributed by atoms with Gasteiger partial charge in [0.2, 0.25) is 11.8 Å². The van der Waals surface area contributed by atoms with Gasteiger partial charge in [0, 0.05) is 19.1 Å². The Labute approximate surface area is 257 Å². The van der Waals surface area contributed by atoms with Crippen LogP contribution >= 0.6 is 0 Å². The zero-order valence-corrected chi connectivity index (χ0v) is 27.5. The molecule has 3 aliphatic rings. The number of ether oxygens (including phenoxy) is 1. The van der Waals surface area contributed by atoms with Crippen LogP contribution in [0.1, 0.15) is 118 Å². The fourth-order valence-electron chi connectivity index (χ4n) is 6.47. The molecule has 1 aliphatic carbocycles. The lowest BCUT2D eigenvalue weighted by atomic mass is 10.0. The van der Waals surface area contributed by atoms with Crippen LogP contribution in [0.25, 0.3) is 0 Å². The van der Waals surface area contributed by atoms with E-state index < -0.39 is 45.3 Å². The Kier molecular flexibility index (Phi) is 12.0. The number of nitrogens with two attached hydrogens (primary N) is 2. The van der Waals surface area contributed by atoms with Crippen molar-refractivity contribution in [2.75, 3.05) is 13.1 Å². The molecule has 12 nitrogen and oxygen atoms in total. The van der Waals surface area contributed by atoms with Gasteiger partial charge in [-0.1, -0.05) is 38.5 Å². The molecule has 5 N–H and O–H groups in total. The van der Waals surface area contributed by atoms with E-state index in [0.29, 0.717) is 38.8 Å². The Bertz CT molecular complexity index is 1120. The van der Waals surface area contributed by atoms with E-state index in [1.807, 2.05) is 13.8 Å². The van der Waals surface area contributed by atoms with Crippen LogP contribution < -0.4 is 15.8 Å². The Morgan fingerprint density at radius 3 is 2.35 bits per heavy atom. The summed E-state index contributed by atoms with van der Waals surface area (Å²) < 4.78 is 33.5. The molecule has 5 unspecified atom stereocenters. The average Bonchev–Trinajstić information content (AvgIpc) is 3.32. The molecular formula is C30H54N5O7S+. The monoisotopic (exact) mass is 628 g/mol. The zero-order valence-electron chi connectivity index (χ0n) is 26.7. The van der Waals surface area contributed by atoms with Crippen molar-refractivity contribution in [3.8, 4) is 0 Å². The molecule has 0 bridgehead atoms. The largest absolute Gasteiger partial charge is 0.444 e. The summed E-state index contributed by atoms with van der Waals surface area (Å²) in [5.74, 6) is -0.922. The highest BCUT2D eigenvalue weighted by molar-refractivity contribution is 7.82. The smallest absolute Gasteiger partial charge is 0.408 e. The Hall–Kier alpha value is -2.25. The van der Waals surface area contributed by atoms with E-state index in [1.165, 1.54) is 9.21 Å². The van der Waals surface area contributed by atoms with Crippen molar-refractivity contribution >= 4 is 34.0 Å². The number of primary amides is 2. The van der Waals surface area contributed by atoms with Gasteiger partial charge in [-0.05, 0) is 85.5 Å². The number of likely N-dealkylation sites (tertiary alicyclic amines) is 1. The maximum atomic E-state index is 13.3. The van der Waals surface area contributed by atoms with Gasteiger partial charge in [0.05, 0.1) is 5.41 Å². The highest BCUT2D eigenvalue weighted by Crippen LogP contribution is 2.54. The first-order chi connectivity index (χ1) is 20.0. The second-order valence-corrected chi connectivity index (χ2v) is 15.7. The lowest BCUT2D eigenvalue weighted by Crippen LogP contribution is -2.95. The molecule has 0 aromatic heterocycles. The molecule has 4 amide bonds. The van der Waals surface area contributed by atoms with E-state index in [1.54, 1.807) is 20.8 Å². The first-order valence-electron chi connectivity index (χ1n) is 16.1. The number of carbonyl (C=O) groups excluding carboxylic acids is 4. The van der Waals surface area contributed by atoms with Gasteiger partial charge in [0.25, 0.3) is 0 Å². The Morgan fingerprint density at radius 2 is 1.70 bits per heavy atom. The van der Waals surface area contributed by atoms with Crippen molar-refractivity contribution in [1.82, 2.24) is 14.5 Å². The molecule has 13 heteroatoms. The number of rotatable bonds is 14. The summed E-state index contributed by atoms with van der Waals surface area (Å²) in [7, 11) is -3.70. The average molecular weight is 629 g/mol. The third-order valence-electron chi connectivity index (χ3n) is 9.20. The third kappa shape index (κ3) is 9.87. The van der Waals surface area contributed by atoms with Gasteiger partial charge in [-0.25, -0.2) is 9.59 Å². The van der Waals surface area contributed by atoms with Crippen LogP contribution in [0, 0.1) is 11.3 Å². The number of piperidine rings is 1. The number of amides is 4. The molecule has 0 aromatic carbocycles. The first kappa shape index (κ1) is 35.2. The van der Waals surface area contributed by atoms with Crippen molar-refractivity contribution in [2.24, 2.45) is 17.1 Å². The van der Waals surface area contributed by atoms with Gasteiger partial charge in [0.1, 0.15) is 17.7 Å². The second kappa shape index (κ2) is 14.7. The number of unbranched alkanes of at least 4 members (excludes halogenated alkanes) is 4. The number of nitrogens with one attached hydrogen (secondary N) is 1. The Morgan fingerprint density at radius 1 is 1.02 bits per heavy atom. The van der Waals surface area contributed by atoms with Crippen molar-refractivity contribution in [1.29, 1.82) is 0 Å². The number of carbonyl (C=O) groups is 4. The maximum absolute atomic E-state index is 13.3. The standard InChI is InChI=1S/C30H53N5O7S/c1-21-14-11-12-19-35(21)43(40,41)33-27(38)30(5)20-22(30)15-9-7-6-8-10-16-23(32-28(39)42-29(2,3)4)26(37)34-18-13-17-24(34)25(31)36/h21-24H,6-20H2,1-5H3,(H2,31,36)(H,32,39)(H,33,38)/p+1. The van der Waals surface area contributed by atoms with Crippen LogP contribution in [0.3, 0.4) is 0 Å². The third-order valence-corrected chi connectivity index (χ3v) is 10.9. The summed E-state index contributed by atoms with van der Waals surface area (Å²) in [6.07, 6.45) is 9.65. The molecule has 0 aromatic rings. The molecule has 2 aliphatic heterocycles. The minimum Gasteiger partial charge on any atom is -0.444 e. The predicted molar refractivity (Wildman–Crippen MR) is 161 cm³/mol. The van der Waals surface area contributed by atoms with Crippen LogP contribution in [0.15, 0.2) is 0 Å². The minimum atomic E-state index is -3.70. The van der Waals surface area contributed by atoms with Crippen molar-refractivity contribution < 1.29 is 37.1 Å². The van der Waals surface area contributed by atoms with Gasteiger partial charge in [-0.2, -0.15) is 17.4 Å². The topological polar surface area (TPSA) is 173 Å². The summed E-state index contributed by atoms with van der Waals surface area (Å²) in [5.41, 5.74) is 4.21. The minimum absolute atomic E-state index is 0.0700. The molecule has 2 saturated heterocycles. The second-order valence-electron chi connectivity index (χ2n) is 13.9. The molecular weight excluding hydrogens is 574 g/mol. The highest BCUT2D eigenvalue weighted by Gasteiger charge is 2.59. The molecule has 246 valence electrons. The lowest BCUT2D eigenvalue weighted by Gasteiger charge is -2.30. The number of quaternary nitrogens is 1. The summed E-state index contributed by atoms with van der Waals surface area (Å²) in [5, 5.41) is 2.71. The van der Waals surface area contributed by atoms with Crippen LogP contribution in [-0.2, 0) is 29.3 Å². The number of hydrogen-bond donors (Lipinski definition) is 3. The van der Waals surface area contributed by atoms with E-state index in [9.17, 15) is 27.6 Å². The van der Waals surface area contributed by atoms with Gasteiger partial charge in [0.15, 0.2) is 0 Å². The van der Waals surface area contributed by atoms with E-state index >= 15 is 0 Å². The number of alkyl carbamates (subject to hydrolysis) is 1. The molecule has 0 spiro atoms. The normalized spacial score (nSPS) is 27.0. The van der Waals surface area contributed by atoms with E-state index in [2.05, 4.69) is 5.32 Å². The number of nitrogens with zero attached hydrogens (tertiary/aromatic N) is 2. The number of hydrogen-bond acceptors (Lipinski definition) is 7. The van der Waals surface area contributed by atoms with E-state index in [-0.39, 0.29) is 23.8 Å². The van der Waals surface area contributed by atoms with Crippen LogP contribution in [0.5, 0.6) is 0 Å². The molecule has 5 atom stereocenters. The van der Waals surface area contributed by atoms with E-state index in [4.69, 9.17) is 10.5 Å². The quantitative estimate of drug-likeness (QED) is 0.248. The molecule has 1 saturated carbocycles. The van der Waals surface area contributed by atoms with Crippen LogP contribution in [0.2, 0.25) is 0 Å². The van der Waals surface area contributed by atoms with E-state index in [0.717, 1.165) is 62.5 Å². The van der Waals surface area contributed by atoms with Gasteiger partial charge < -0.3 is 20.7 Å². The first-order valence-corrected chi connectivity index (χ1v) is 17.6. The Balaban J connectivity index is 1.40. The lowest BCUT2D eigenvalue weighted by molar-refractivity contribution is -0.425. The van der Waals surface area contributed by atoms with Crippen molar-refractivity contribution in [3.05, 3.63) is 0 Å². The van der Waals surface area contributed by atoms with Crippen LogP contribution in [0.4, 0.5) is 4.79 Å². The van der Waals surface area contributed by atoms with Gasteiger partial charge in [-0.15, -0.1) is 0 Å². The van der Waals surface area contributed by atoms with Gasteiger partial charge >= 0.3 is 22.2 Å². The van der Waals surface area contributed by atoms with Crippen LogP contribution in [-0.4, -0.2) is 78.3 Å². The fraction of sp³-hybridized carbons (Fsp3) is 0.867. The molecule has 3 fully saturated rings. The van der Waals surface area contributed by atoms with Gasteiger partial charge in [-0.3, -0.25) is 9.59 Å². The summed E-state index contributed by atoms with van der Waals surface area (Å²) in [6.45, 7) is 9.95. The SMILES string of the molecule is CC1CCCCN1S(=O)(=O)[NH2+]C(=O)C1(C)CC1CCCCCCCC(NC(=O)OC(C)(C)C)C(=O)N1CCCC1C(N)=O. The molecule has 2 heterocycles. The zero-order chi connectivity index (χ0) is 32.0. The fourth-order valence-corrected chi connectivity index (χ4v) is 8.13. The predicted octanol–water partition coefficient (Wildman–Crippen LogP) is 2.32. The summed E-state index contributed by atoms with van der Waals surface area (Å²) in [6, 6.07) is -1.52. The molecule has 43 heavy (non-hydrogen) atoms. The molecule has 3 rings (SSSR count). The van der Waals surface area contributed by atoms with Crippen molar-refractivity contribution in [3.63, 3.8) is 0 Å². The van der Waals surface area contributed by atoms with Crippen molar-refractivity contribution in [2.45, 2.75) is 142 Å².